The third-order valence-corrected chi connectivity index (χ3v) is 3.62. The lowest BCUT2D eigenvalue weighted by Gasteiger charge is -2.21. The molecule has 0 aliphatic carbocycles. The maximum Gasteiger partial charge on any atom is 0.120 e. The SMILES string of the molecule is CCC(I)c1ccc(OC(C)(C)C)cc1. The van der Waals surface area contributed by atoms with Gasteiger partial charge in [0.2, 0.25) is 0 Å². The summed E-state index contributed by atoms with van der Waals surface area (Å²) in [6.45, 7) is 8.40. The molecule has 0 aliphatic heterocycles. The van der Waals surface area contributed by atoms with Crippen LogP contribution in [0.2, 0.25) is 0 Å². The molecule has 15 heavy (non-hydrogen) atoms. The Labute approximate surface area is 106 Å². The van der Waals surface area contributed by atoms with Crippen LogP contribution in [0.3, 0.4) is 0 Å². The Kier molecular flexibility index (Phi) is 4.44. The summed E-state index contributed by atoms with van der Waals surface area (Å²) in [5.74, 6) is 0.950. The third kappa shape index (κ3) is 4.41. The smallest absolute Gasteiger partial charge is 0.120 e. The zero-order valence-electron chi connectivity index (χ0n) is 9.88. The van der Waals surface area contributed by atoms with E-state index in [2.05, 4.69) is 74.6 Å². The number of benzene rings is 1. The molecule has 1 nitrogen and oxygen atoms in total. The van der Waals surface area contributed by atoms with Crippen molar-refractivity contribution in [3.05, 3.63) is 29.8 Å². The zero-order chi connectivity index (χ0) is 11.5. The van der Waals surface area contributed by atoms with Crippen molar-refractivity contribution in [2.75, 3.05) is 0 Å². The highest BCUT2D eigenvalue weighted by molar-refractivity contribution is 14.1. The second-order valence-electron chi connectivity index (χ2n) is 4.66. The van der Waals surface area contributed by atoms with Crippen LogP contribution in [0.5, 0.6) is 5.75 Å². The Bertz CT molecular complexity index is 297. The van der Waals surface area contributed by atoms with E-state index in [-0.39, 0.29) is 5.60 Å². The number of hydrogen-bond donors (Lipinski definition) is 0. The standard InChI is InChI=1S/C13H19IO/c1-5-12(14)10-6-8-11(9-7-10)15-13(2,3)4/h6-9,12H,5H2,1-4H3. The lowest BCUT2D eigenvalue weighted by Crippen LogP contribution is -2.22. The van der Waals surface area contributed by atoms with Gasteiger partial charge in [0, 0.05) is 3.92 Å². The van der Waals surface area contributed by atoms with Crippen molar-refractivity contribution in [3.8, 4) is 5.75 Å². The molecule has 0 fully saturated rings. The van der Waals surface area contributed by atoms with Gasteiger partial charge in [0.05, 0.1) is 0 Å². The summed E-state index contributed by atoms with van der Waals surface area (Å²) in [6, 6.07) is 8.42. The molecule has 0 N–H and O–H groups in total. The molecular formula is C13H19IO. The molecule has 0 amide bonds. The molecule has 0 aliphatic rings. The van der Waals surface area contributed by atoms with Crippen LogP contribution in [-0.2, 0) is 0 Å². The molecule has 1 unspecified atom stereocenters. The lowest BCUT2D eigenvalue weighted by atomic mass is 10.1. The average Bonchev–Trinajstić information content (AvgIpc) is 2.15. The van der Waals surface area contributed by atoms with Gasteiger partial charge in [0.15, 0.2) is 0 Å². The molecule has 0 saturated heterocycles. The van der Waals surface area contributed by atoms with Gasteiger partial charge in [0.1, 0.15) is 11.4 Å². The largest absolute Gasteiger partial charge is 0.488 e. The van der Waals surface area contributed by atoms with Crippen LogP contribution in [0.1, 0.15) is 43.6 Å². The van der Waals surface area contributed by atoms with E-state index in [1.165, 1.54) is 12.0 Å². The normalized spacial score (nSPS) is 13.7. The fraction of sp³-hybridized carbons (Fsp3) is 0.538. The molecule has 0 saturated carbocycles. The number of rotatable bonds is 3. The van der Waals surface area contributed by atoms with Crippen LogP contribution < -0.4 is 4.74 Å². The summed E-state index contributed by atoms with van der Waals surface area (Å²) in [7, 11) is 0. The molecule has 0 spiro atoms. The predicted molar refractivity (Wildman–Crippen MR) is 73.9 cm³/mol. The van der Waals surface area contributed by atoms with Crippen molar-refractivity contribution in [1.29, 1.82) is 0 Å². The molecule has 1 atom stereocenters. The van der Waals surface area contributed by atoms with E-state index in [0.717, 1.165) is 5.75 Å². The Morgan fingerprint density at radius 1 is 1.20 bits per heavy atom. The van der Waals surface area contributed by atoms with Crippen molar-refractivity contribution >= 4 is 22.6 Å². The van der Waals surface area contributed by atoms with Crippen molar-refractivity contribution < 1.29 is 4.74 Å². The predicted octanol–water partition coefficient (Wildman–Crippen LogP) is 4.75. The first-order valence-electron chi connectivity index (χ1n) is 5.35. The Morgan fingerprint density at radius 3 is 2.13 bits per heavy atom. The van der Waals surface area contributed by atoms with Crippen LogP contribution >= 0.6 is 22.6 Å². The van der Waals surface area contributed by atoms with E-state index in [1.54, 1.807) is 0 Å². The number of alkyl halides is 1. The van der Waals surface area contributed by atoms with Crippen molar-refractivity contribution in [3.63, 3.8) is 0 Å². The maximum atomic E-state index is 5.77. The van der Waals surface area contributed by atoms with E-state index in [1.807, 2.05) is 0 Å². The molecule has 0 bridgehead atoms. The Hall–Kier alpha value is -0.250. The summed E-state index contributed by atoms with van der Waals surface area (Å²) >= 11 is 2.47. The van der Waals surface area contributed by atoms with Crippen molar-refractivity contribution in [2.45, 2.75) is 43.6 Å². The summed E-state index contributed by atoms with van der Waals surface area (Å²) in [5, 5.41) is 0. The van der Waals surface area contributed by atoms with Crippen molar-refractivity contribution in [2.24, 2.45) is 0 Å². The van der Waals surface area contributed by atoms with Crippen LogP contribution in [0, 0.1) is 0 Å². The molecule has 0 aromatic heterocycles. The number of ether oxygens (including phenoxy) is 1. The van der Waals surface area contributed by atoms with E-state index >= 15 is 0 Å². The highest BCUT2D eigenvalue weighted by atomic mass is 127. The van der Waals surface area contributed by atoms with Gasteiger partial charge in [-0.2, -0.15) is 0 Å². The minimum atomic E-state index is -0.115. The van der Waals surface area contributed by atoms with E-state index in [0.29, 0.717) is 3.92 Å². The second-order valence-corrected chi connectivity index (χ2v) is 6.16. The summed E-state index contributed by atoms with van der Waals surface area (Å²) in [5.41, 5.74) is 1.26. The topological polar surface area (TPSA) is 9.23 Å². The van der Waals surface area contributed by atoms with E-state index < -0.39 is 0 Å². The van der Waals surface area contributed by atoms with Gasteiger partial charge in [-0.3, -0.25) is 0 Å². The first-order valence-corrected chi connectivity index (χ1v) is 6.60. The fourth-order valence-electron chi connectivity index (χ4n) is 1.33. The summed E-state index contributed by atoms with van der Waals surface area (Å²) < 4.78 is 6.37. The van der Waals surface area contributed by atoms with Gasteiger partial charge in [-0.25, -0.2) is 0 Å². The highest BCUT2D eigenvalue weighted by Gasteiger charge is 2.12. The quantitative estimate of drug-likeness (QED) is 0.577. The molecule has 1 aromatic rings. The third-order valence-electron chi connectivity index (χ3n) is 2.02. The van der Waals surface area contributed by atoms with Crippen LogP contribution in [0.4, 0.5) is 0 Å². The molecule has 1 rings (SSSR count). The second kappa shape index (κ2) is 5.19. The number of halogens is 1. The van der Waals surface area contributed by atoms with Gasteiger partial charge in [-0.1, -0.05) is 41.6 Å². The van der Waals surface area contributed by atoms with Gasteiger partial charge < -0.3 is 4.74 Å². The average molecular weight is 318 g/mol. The lowest BCUT2D eigenvalue weighted by molar-refractivity contribution is 0.131. The molecule has 1 aromatic carbocycles. The summed E-state index contributed by atoms with van der Waals surface area (Å²) in [4.78, 5) is 0. The Balaban J connectivity index is 2.72. The molecule has 2 heteroatoms. The van der Waals surface area contributed by atoms with Gasteiger partial charge >= 0.3 is 0 Å². The van der Waals surface area contributed by atoms with Crippen LogP contribution in [0.25, 0.3) is 0 Å². The minimum absolute atomic E-state index is 0.115. The van der Waals surface area contributed by atoms with Crippen LogP contribution in [0.15, 0.2) is 24.3 Å². The van der Waals surface area contributed by atoms with Gasteiger partial charge in [0.25, 0.3) is 0 Å². The molecular weight excluding hydrogens is 299 g/mol. The van der Waals surface area contributed by atoms with Gasteiger partial charge in [-0.15, -0.1) is 0 Å². The molecule has 84 valence electrons. The highest BCUT2D eigenvalue weighted by Crippen LogP contribution is 2.28. The van der Waals surface area contributed by atoms with E-state index in [9.17, 15) is 0 Å². The Morgan fingerprint density at radius 2 is 1.73 bits per heavy atom. The fourth-order valence-corrected chi connectivity index (χ4v) is 1.75. The first kappa shape index (κ1) is 12.8. The van der Waals surface area contributed by atoms with Crippen LogP contribution in [-0.4, -0.2) is 5.60 Å². The van der Waals surface area contributed by atoms with Gasteiger partial charge in [-0.05, 0) is 44.9 Å². The zero-order valence-corrected chi connectivity index (χ0v) is 12.0. The van der Waals surface area contributed by atoms with Crippen molar-refractivity contribution in [1.82, 2.24) is 0 Å². The van der Waals surface area contributed by atoms with E-state index in [4.69, 9.17) is 4.74 Å². The monoisotopic (exact) mass is 318 g/mol. The summed E-state index contributed by atoms with van der Waals surface area (Å²) in [6.07, 6.45) is 1.17. The minimum Gasteiger partial charge on any atom is -0.488 e. The first-order chi connectivity index (χ1) is 6.92. The number of hydrogen-bond acceptors (Lipinski definition) is 1. The molecule has 0 radical (unpaired) electrons. The maximum absolute atomic E-state index is 5.77. The molecule has 0 heterocycles.